The maximum absolute atomic E-state index is 12.9. The number of hydrogen-bond donors (Lipinski definition) is 0. The zero-order chi connectivity index (χ0) is 20.0. The van der Waals surface area contributed by atoms with Crippen LogP contribution in [0, 0.1) is 0 Å². The van der Waals surface area contributed by atoms with Crippen molar-refractivity contribution in [1.29, 1.82) is 0 Å². The van der Waals surface area contributed by atoms with Crippen molar-refractivity contribution in [3.63, 3.8) is 0 Å². The van der Waals surface area contributed by atoms with Crippen LogP contribution in [-0.4, -0.2) is 78.6 Å². The van der Waals surface area contributed by atoms with E-state index in [2.05, 4.69) is 46.4 Å². The Morgan fingerprint density at radius 1 is 1.21 bits per heavy atom. The summed E-state index contributed by atoms with van der Waals surface area (Å²) in [4.78, 5) is 20.1. The lowest BCUT2D eigenvalue weighted by atomic mass is 9.86. The molecule has 0 aromatic heterocycles. The number of hydrogen-bond acceptors (Lipinski definition) is 4. The Hall–Kier alpha value is -1.43. The first-order valence-corrected chi connectivity index (χ1v) is 10.9. The van der Waals surface area contributed by atoms with Gasteiger partial charge in [-0.2, -0.15) is 0 Å². The largest absolute Gasteiger partial charge is 0.381 e. The summed E-state index contributed by atoms with van der Waals surface area (Å²) in [6.45, 7) is 15.7. The summed E-state index contributed by atoms with van der Waals surface area (Å²) in [6, 6.07) is 0. The molecule has 2 saturated heterocycles. The van der Waals surface area contributed by atoms with E-state index in [0.717, 1.165) is 83.9 Å². The van der Waals surface area contributed by atoms with E-state index in [4.69, 9.17) is 4.74 Å². The first-order chi connectivity index (χ1) is 13.5. The molecular formula is C23H37N3O2. The van der Waals surface area contributed by atoms with Gasteiger partial charge in [0.05, 0.1) is 0 Å². The lowest BCUT2D eigenvalue weighted by Crippen LogP contribution is -2.63. The van der Waals surface area contributed by atoms with Gasteiger partial charge in [-0.05, 0) is 38.7 Å². The standard InChI is InChI=1S/C23H37N3O2/c1-4-22(27)26(21-8-6-5-7-9-21)19-23(10-16-28-17-11-23)25-14-12-24(13-15-25)18-20(2)3/h6,8-9H,2,4-5,7,10-19H2,1,3H3. The molecule has 2 fully saturated rings. The van der Waals surface area contributed by atoms with E-state index in [1.54, 1.807) is 0 Å². The number of carbonyl (C=O) groups excluding carboxylic acids is 1. The Bertz CT molecular complexity index is 611. The van der Waals surface area contributed by atoms with Crippen molar-refractivity contribution < 1.29 is 9.53 Å². The van der Waals surface area contributed by atoms with E-state index in [1.807, 2.05) is 6.92 Å². The van der Waals surface area contributed by atoms with Crippen LogP contribution in [-0.2, 0) is 9.53 Å². The highest BCUT2D eigenvalue weighted by Gasteiger charge is 2.42. The van der Waals surface area contributed by atoms with Crippen LogP contribution in [0.5, 0.6) is 0 Å². The molecule has 0 unspecified atom stereocenters. The van der Waals surface area contributed by atoms with E-state index < -0.39 is 0 Å². The molecule has 0 N–H and O–H groups in total. The van der Waals surface area contributed by atoms with Crippen molar-refractivity contribution in [3.05, 3.63) is 36.1 Å². The van der Waals surface area contributed by atoms with Gasteiger partial charge in [0.25, 0.3) is 0 Å². The molecule has 0 bridgehead atoms. The van der Waals surface area contributed by atoms with Crippen LogP contribution in [0.15, 0.2) is 36.1 Å². The van der Waals surface area contributed by atoms with E-state index in [9.17, 15) is 4.79 Å². The summed E-state index contributed by atoms with van der Waals surface area (Å²) in [5, 5.41) is 0. The third kappa shape index (κ3) is 5.13. The number of rotatable bonds is 7. The van der Waals surface area contributed by atoms with Gasteiger partial charge in [-0.25, -0.2) is 0 Å². The van der Waals surface area contributed by atoms with Crippen LogP contribution < -0.4 is 0 Å². The lowest BCUT2D eigenvalue weighted by Gasteiger charge is -2.51. The second-order valence-corrected chi connectivity index (χ2v) is 8.50. The highest BCUT2D eigenvalue weighted by molar-refractivity contribution is 5.78. The van der Waals surface area contributed by atoms with Crippen LogP contribution in [0.4, 0.5) is 0 Å². The Kier molecular flexibility index (Phi) is 7.49. The quantitative estimate of drug-likeness (QED) is 0.629. The molecule has 2 heterocycles. The highest BCUT2D eigenvalue weighted by atomic mass is 16.5. The highest BCUT2D eigenvalue weighted by Crippen LogP contribution is 2.32. The summed E-state index contributed by atoms with van der Waals surface area (Å²) in [7, 11) is 0. The molecule has 0 aromatic rings. The summed E-state index contributed by atoms with van der Waals surface area (Å²) >= 11 is 0. The molecule has 156 valence electrons. The second kappa shape index (κ2) is 9.86. The maximum Gasteiger partial charge on any atom is 0.226 e. The van der Waals surface area contributed by atoms with Gasteiger partial charge in [0.15, 0.2) is 0 Å². The fraction of sp³-hybridized carbons (Fsp3) is 0.696. The fourth-order valence-corrected chi connectivity index (χ4v) is 4.70. The molecule has 0 spiro atoms. The smallest absolute Gasteiger partial charge is 0.226 e. The summed E-state index contributed by atoms with van der Waals surface area (Å²) < 4.78 is 5.72. The molecule has 1 aliphatic carbocycles. The van der Waals surface area contributed by atoms with E-state index in [-0.39, 0.29) is 11.4 Å². The molecule has 0 atom stereocenters. The molecule has 2 aliphatic heterocycles. The number of allylic oxidation sites excluding steroid dienone is 3. The minimum atomic E-state index is 0.0184. The Labute approximate surface area is 170 Å². The SMILES string of the molecule is C=C(C)CN1CCN(C2(CN(C(=O)CC)C3=CCCC=C3)CCOCC2)CC1. The van der Waals surface area contributed by atoms with E-state index in [1.165, 1.54) is 5.57 Å². The molecule has 3 aliphatic rings. The average molecular weight is 388 g/mol. The monoisotopic (exact) mass is 387 g/mol. The molecular weight excluding hydrogens is 350 g/mol. The Morgan fingerprint density at radius 3 is 2.50 bits per heavy atom. The third-order valence-corrected chi connectivity index (χ3v) is 6.30. The normalized spacial score (nSPS) is 23.3. The predicted molar refractivity (Wildman–Crippen MR) is 114 cm³/mol. The Balaban J connectivity index is 1.76. The zero-order valence-corrected chi connectivity index (χ0v) is 17.8. The molecule has 5 heteroatoms. The minimum Gasteiger partial charge on any atom is -0.381 e. The van der Waals surface area contributed by atoms with Gasteiger partial charge in [-0.1, -0.05) is 31.2 Å². The van der Waals surface area contributed by atoms with Crippen molar-refractivity contribution in [2.75, 3.05) is 52.5 Å². The predicted octanol–water partition coefficient (Wildman–Crippen LogP) is 3.20. The number of piperazine rings is 1. The third-order valence-electron chi connectivity index (χ3n) is 6.30. The van der Waals surface area contributed by atoms with Crippen LogP contribution in [0.2, 0.25) is 0 Å². The first kappa shape index (κ1) is 21.3. The molecule has 5 nitrogen and oxygen atoms in total. The van der Waals surface area contributed by atoms with Gasteiger partial charge >= 0.3 is 0 Å². The number of nitrogens with zero attached hydrogens (tertiary/aromatic N) is 3. The van der Waals surface area contributed by atoms with Gasteiger partial charge in [0, 0.05) is 70.1 Å². The van der Waals surface area contributed by atoms with Crippen molar-refractivity contribution in [3.8, 4) is 0 Å². The van der Waals surface area contributed by atoms with Gasteiger partial charge in [-0.15, -0.1) is 0 Å². The average Bonchev–Trinajstić information content (AvgIpc) is 2.73. The zero-order valence-electron chi connectivity index (χ0n) is 17.8. The number of carbonyl (C=O) groups is 1. The molecule has 0 radical (unpaired) electrons. The van der Waals surface area contributed by atoms with Crippen molar-refractivity contribution in [1.82, 2.24) is 14.7 Å². The fourth-order valence-electron chi connectivity index (χ4n) is 4.70. The molecule has 0 saturated carbocycles. The topological polar surface area (TPSA) is 36.0 Å². The molecule has 3 rings (SSSR count). The van der Waals surface area contributed by atoms with Crippen LogP contribution >= 0.6 is 0 Å². The van der Waals surface area contributed by atoms with Gasteiger partial charge in [-0.3, -0.25) is 14.6 Å². The van der Waals surface area contributed by atoms with E-state index in [0.29, 0.717) is 6.42 Å². The first-order valence-electron chi connectivity index (χ1n) is 10.9. The lowest BCUT2D eigenvalue weighted by molar-refractivity contribution is -0.132. The molecule has 1 amide bonds. The summed E-state index contributed by atoms with van der Waals surface area (Å²) in [6.07, 6.45) is 11.2. The van der Waals surface area contributed by atoms with E-state index >= 15 is 0 Å². The summed E-state index contributed by atoms with van der Waals surface area (Å²) in [5.74, 6) is 0.226. The Morgan fingerprint density at radius 2 is 1.93 bits per heavy atom. The number of amides is 1. The summed E-state index contributed by atoms with van der Waals surface area (Å²) in [5.41, 5.74) is 2.33. The van der Waals surface area contributed by atoms with Crippen molar-refractivity contribution in [2.45, 2.75) is 51.5 Å². The van der Waals surface area contributed by atoms with Crippen molar-refractivity contribution in [2.24, 2.45) is 0 Å². The minimum absolute atomic E-state index is 0.0184. The van der Waals surface area contributed by atoms with Crippen molar-refractivity contribution >= 4 is 5.91 Å². The number of ether oxygens (including phenoxy) is 1. The molecule has 0 aromatic carbocycles. The van der Waals surface area contributed by atoms with Crippen LogP contribution in [0.1, 0.15) is 46.0 Å². The van der Waals surface area contributed by atoms with Crippen LogP contribution in [0.3, 0.4) is 0 Å². The molecule has 28 heavy (non-hydrogen) atoms. The maximum atomic E-state index is 12.9. The van der Waals surface area contributed by atoms with Crippen LogP contribution in [0.25, 0.3) is 0 Å². The van der Waals surface area contributed by atoms with Gasteiger partial charge < -0.3 is 9.64 Å². The second-order valence-electron chi connectivity index (χ2n) is 8.50. The van der Waals surface area contributed by atoms with Gasteiger partial charge in [0.1, 0.15) is 0 Å². The van der Waals surface area contributed by atoms with Gasteiger partial charge in [0.2, 0.25) is 5.91 Å².